The van der Waals surface area contributed by atoms with Gasteiger partial charge < -0.3 is 0 Å². The van der Waals surface area contributed by atoms with Gasteiger partial charge in [-0.1, -0.05) is 12.8 Å². The molecule has 2 rings (SSSR count). The first kappa shape index (κ1) is 10.1. The lowest BCUT2D eigenvalue weighted by Crippen LogP contribution is -2.26. The van der Waals surface area contributed by atoms with Gasteiger partial charge in [0.2, 0.25) is 0 Å². The van der Waals surface area contributed by atoms with Crippen molar-refractivity contribution in [2.45, 2.75) is 28.8 Å². The Morgan fingerprint density at radius 1 is 1.71 bits per heavy atom. The average Bonchev–Trinajstić information content (AvgIpc) is 2.61. The highest BCUT2D eigenvalue weighted by Crippen LogP contribution is 2.43. The first-order chi connectivity index (χ1) is 6.81. The van der Waals surface area contributed by atoms with Crippen LogP contribution < -0.4 is 5.32 Å². The summed E-state index contributed by atoms with van der Waals surface area (Å²) in [5.41, 5.74) is 1.44. The first-order valence-corrected chi connectivity index (χ1v) is 6.48. The number of hydrogen-bond donors (Lipinski definition) is 1. The smallest absolute Gasteiger partial charge is 0.0649 e. The van der Waals surface area contributed by atoms with Crippen LogP contribution in [0.25, 0.3) is 0 Å². The van der Waals surface area contributed by atoms with E-state index in [9.17, 15) is 0 Å². The van der Waals surface area contributed by atoms with Crippen LogP contribution in [-0.4, -0.2) is 11.8 Å². The fourth-order valence-corrected chi connectivity index (χ4v) is 4.29. The van der Waals surface area contributed by atoms with Gasteiger partial charge in [-0.05, 0) is 23.4 Å². The van der Waals surface area contributed by atoms with Crippen molar-refractivity contribution in [1.29, 1.82) is 0 Å². The SMILES string of the molecule is C#CCNC1C[C@H](C)Sc2sccc21. The number of terminal acetylenes is 1. The lowest BCUT2D eigenvalue weighted by Gasteiger charge is -2.26. The molecule has 0 bridgehead atoms. The van der Waals surface area contributed by atoms with Gasteiger partial charge >= 0.3 is 0 Å². The number of thioether (sulfide) groups is 1. The summed E-state index contributed by atoms with van der Waals surface area (Å²) in [6.45, 7) is 2.94. The number of thiophene rings is 1. The summed E-state index contributed by atoms with van der Waals surface area (Å²) in [7, 11) is 0. The highest BCUT2D eigenvalue weighted by molar-refractivity contribution is 8.01. The Morgan fingerprint density at radius 3 is 3.36 bits per heavy atom. The van der Waals surface area contributed by atoms with Crippen LogP contribution in [0.3, 0.4) is 0 Å². The molecule has 1 aliphatic heterocycles. The van der Waals surface area contributed by atoms with Crippen LogP contribution in [0, 0.1) is 12.3 Å². The van der Waals surface area contributed by atoms with Crippen LogP contribution in [0.15, 0.2) is 15.7 Å². The molecule has 1 aromatic rings. The molecule has 0 aliphatic carbocycles. The van der Waals surface area contributed by atoms with Gasteiger partial charge in [0, 0.05) is 11.3 Å². The standard InChI is InChI=1S/C11H13NS2/c1-3-5-12-10-7-8(2)14-11-9(10)4-6-13-11/h1,4,6,8,10,12H,5,7H2,2H3/t8-,10?/m0/s1. The monoisotopic (exact) mass is 223 g/mol. The summed E-state index contributed by atoms with van der Waals surface area (Å²) in [5.74, 6) is 2.64. The maximum atomic E-state index is 5.26. The van der Waals surface area contributed by atoms with Crippen LogP contribution in [0.2, 0.25) is 0 Å². The molecule has 1 N–H and O–H groups in total. The van der Waals surface area contributed by atoms with E-state index in [4.69, 9.17) is 6.42 Å². The minimum Gasteiger partial charge on any atom is -0.299 e. The normalized spacial score (nSPS) is 25.4. The zero-order valence-electron chi connectivity index (χ0n) is 8.12. The van der Waals surface area contributed by atoms with Crippen molar-refractivity contribution in [1.82, 2.24) is 5.32 Å². The van der Waals surface area contributed by atoms with Gasteiger partial charge in [-0.25, -0.2) is 0 Å². The van der Waals surface area contributed by atoms with Gasteiger partial charge in [-0.15, -0.1) is 29.5 Å². The molecule has 0 radical (unpaired) electrons. The summed E-state index contributed by atoms with van der Waals surface area (Å²) >= 11 is 3.82. The number of fused-ring (bicyclic) bond motifs is 1. The van der Waals surface area contributed by atoms with E-state index in [1.807, 2.05) is 23.1 Å². The molecule has 3 heteroatoms. The summed E-state index contributed by atoms with van der Waals surface area (Å²) in [6.07, 6.45) is 6.44. The zero-order chi connectivity index (χ0) is 9.97. The molecule has 14 heavy (non-hydrogen) atoms. The Kier molecular flexibility index (Phi) is 3.17. The van der Waals surface area contributed by atoms with Crippen LogP contribution in [0.4, 0.5) is 0 Å². The summed E-state index contributed by atoms with van der Waals surface area (Å²) in [6, 6.07) is 2.68. The molecule has 74 valence electrons. The molecule has 2 heterocycles. The topological polar surface area (TPSA) is 12.0 Å². The molecule has 1 unspecified atom stereocenters. The average molecular weight is 223 g/mol. The third-order valence-corrected chi connectivity index (χ3v) is 4.70. The second-order valence-electron chi connectivity index (χ2n) is 3.47. The minimum absolute atomic E-state index is 0.462. The van der Waals surface area contributed by atoms with E-state index >= 15 is 0 Å². The molecule has 0 amide bonds. The Morgan fingerprint density at radius 2 is 2.57 bits per heavy atom. The Labute approximate surface area is 93.3 Å². The zero-order valence-corrected chi connectivity index (χ0v) is 9.75. The first-order valence-electron chi connectivity index (χ1n) is 4.72. The highest BCUT2D eigenvalue weighted by Gasteiger charge is 2.25. The van der Waals surface area contributed by atoms with Crippen molar-refractivity contribution in [3.8, 4) is 12.3 Å². The maximum Gasteiger partial charge on any atom is 0.0649 e. The molecule has 0 saturated heterocycles. The second-order valence-corrected chi connectivity index (χ2v) is 6.09. The van der Waals surface area contributed by atoms with Crippen molar-refractivity contribution < 1.29 is 0 Å². The lowest BCUT2D eigenvalue weighted by molar-refractivity contribution is 0.518. The van der Waals surface area contributed by atoms with Crippen molar-refractivity contribution >= 4 is 23.1 Å². The summed E-state index contributed by atoms with van der Waals surface area (Å²) in [5, 5.41) is 6.26. The van der Waals surface area contributed by atoms with E-state index in [1.54, 1.807) is 0 Å². The van der Waals surface area contributed by atoms with Crippen LogP contribution in [-0.2, 0) is 0 Å². The second kappa shape index (κ2) is 4.39. The lowest BCUT2D eigenvalue weighted by atomic mass is 10.1. The molecule has 0 fully saturated rings. The van der Waals surface area contributed by atoms with Crippen LogP contribution in [0.5, 0.6) is 0 Å². The predicted molar refractivity (Wildman–Crippen MR) is 63.8 cm³/mol. The quantitative estimate of drug-likeness (QED) is 0.774. The van der Waals surface area contributed by atoms with E-state index in [0.29, 0.717) is 17.8 Å². The molecular formula is C11H13NS2. The van der Waals surface area contributed by atoms with Gasteiger partial charge in [0.05, 0.1) is 10.8 Å². The fourth-order valence-electron chi connectivity index (χ4n) is 1.72. The summed E-state index contributed by atoms with van der Waals surface area (Å²) < 4.78 is 1.46. The Balaban J connectivity index is 2.16. The molecule has 1 aromatic heterocycles. The van der Waals surface area contributed by atoms with Crippen molar-refractivity contribution in [2.75, 3.05) is 6.54 Å². The van der Waals surface area contributed by atoms with E-state index in [1.165, 1.54) is 16.2 Å². The van der Waals surface area contributed by atoms with E-state index in [2.05, 4.69) is 29.6 Å². The number of hydrogen-bond acceptors (Lipinski definition) is 3. The largest absolute Gasteiger partial charge is 0.299 e. The van der Waals surface area contributed by atoms with Crippen molar-refractivity contribution in [3.05, 3.63) is 17.0 Å². The minimum atomic E-state index is 0.462. The Hall–Kier alpha value is -0.430. The Bertz CT molecular complexity index is 350. The molecular weight excluding hydrogens is 210 g/mol. The molecule has 0 spiro atoms. The van der Waals surface area contributed by atoms with E-state index < -0.39 is 0 Å². The molecule has 1 nitrogen and oxygen atoms in total. The van der Waals surface area contributed by atoms with E-state index in [-0.39, 0.29) is 0 Å². The van der Waals surface area contributed by atoms with Gasteiger partial charge in [0.25, 0.3) is 0 Å². The molecule has 0 aromatic carbocycles. The fraction of sp³-hybridized carbons (Fsp3) is 0.455. The number of nitrogens with one attached hydrogen (secondary N) is 1. The predicted octanol–water partition coefficient (Wildman–Crippen LogP) is 2.90. The van der Waals surface area contributed by atoms with Gasteiger partial charge in [0.15, 0.2) is 0 Å². The number of rotatable bonds is 2. The van der Waals surface area contributed by atoms with Crippen molar-refractivity contribution in [3.63, 3.8) is 0 Å². The summed E-state index contributed by atoms with van der Waals surface area (Å²) in [4.78, 5) is 0. The van der Waals surface area contributed by atoms with Crippen molar-refractivity contribution in [2.24, 2.45) is 0 Å². The van der Waals surface area contributed by atoms with Gasteiger partial charge in [0.1, 0.15) is 0 Å². The van der Waals surface area contributed by atoms with Gasteiger partial charge in [-0.2, -0.15) is 0 Å². The molecule has 0 saturated carbocycles. The van der Waals surface area contributed by atoms with Crippen LogP contribution >= 0.6 is 23.1 Å². The highest BCUT2D eigenvalue weighted by atomic mass is 32.2. The third-order valence-electron chi connectivity index (χ3n) is 2.36. The van der Waals surface area contributed by atoms with E-state index in [0.717, 1.165) is 0 Å². The van der Waals surface area contributed by atoms with Crippen LogP contribution in [0.1, 0.15) is 24.9 Å². The molecule has 2 atom stereocenters. The maximum absolute atomic E-state index is 5.26. The van der Waals surface area contributed by atoms with Gasteiger partial charge in [-0.3, -0.25) is 5.32 Å². The molecule has 1 aliphatic rings. The third kappa shape index (κ3) is 1.98.